The van der Waals surface area contributed by atoms with Gasteiger partial charge in [0.2, 0.25) is 0 Å². The summed E-state index contributed by atoms with van der Waals surface area (Å²) < 4.78 is 78.7. The molecule has 0 aliphatic rings. The van der Waals surface area contributed by atoms with E-state index in [1.54, 1.807) is 13.8 Å². The van der Waals surface area contributed by atoms with Crippen molar-refractivity contribution in [2.45, 2.75) is 84.9 Å². The fourth-order valence-electron chi connectivity index (χ4n) is 5.03. The van der Waals surface area contributed by atoms with Crippen molar-refractivity contribution in [3.8, 4) is 5.75 Å². The Kier molecular flexibility index (Phi) is 11.9. The second kappa shape index (κ2) is 15.5. The molecule has 0 unspecified atom stereocenters. The van der Waals surface area contributed by atoms with Crippen LogP contribution in [0.3, 0.4) is 0 Å². The van der Waals surface area contributed by atoms with Gasteiger partial charge in [0.05, 0.1) is 35.3 Å². The number of hydrogen-bond donors (Lipinski definition) is 2. The third-order valence-electron chi connectivity index (χ3n) is 7.22. The number of nitrogens with one attached hydrogen (secondary N) is 1. The van der Waals surface area contributed by atoms with Gasteiger partial charge in [-0.3, -0.25) is 9.32 Å². The number of pyridine rings is 1. The molecular formula is C32H41F3N5O6P. The van der Waals surface area contributed by atoms with Crippen LogP contribution in [-0.4, -0.2) is 45.9 Å². The fraction of sp³-hybridized carbons (Fsp3) is 0.469. The molecule has 0 fully saturated rings. The van der Waals surface area contributed by atoms with E-state index in [2.05, 4.69) is 10.1 Å². The summed E-state index contributed by atoms with van der Waals surface area (Å²) in [7, 11) is -4.43. The maximum Gasteiger partial charge on any atom is 0.459 e. The van der Waals surface area contributed by atoms with Crippen LogP contribution in [0.1, 0.15) is 71.3 Å². The minimum atomic E-state index is -4.57. The largest absolute Gasteiger partial charge is 0.462 e. The standard InChI is InChI=1S/C32H41F3N5O6P/c1-6-8-11-23(40-27(19-43-7-2)38-28-29(40)25-12-9-10-13-26(25)37-30(28)36)18-44-47(42,39-21(5)31(41)45-20(3)4)46-24-16-14-22(15-17-24)32(33,34)35/h9-10,12-17,20-21,23H,6-8,11,18-19H2,1-5H3,(H2,36,37)(H,39,42)/t21-,23+,47+/m0/s1. The van der Waals surface area contributed by atoms with Crippen LogP contribution in [0, 0.1) is 0 Å². The van der Waals surface area contributed by atoms with Crippen molar-refractivity contribution < 1.29 is 41.1 Å². The van der Waals surface area contributed by atoms with Gasteiger partial charge in [-0.1, -0.05) is 38.0 Å². The molecule has 3 N–H and O–H groups in total. The van der Waals surface area contributed by atoms with Gasteiger partial charge in [0.15, 0.2) is 5.82 Å². The molecule has 3 atom stereocenters. The average Bonchev–Trinajstić information content (AvgIpc) is 3.39. The number of fused-ring (bicyclic) bond motifs is 3. The minimum absolute atomic E-state index is 0.150. The van der Waals surface area contributed by atoms with Gasteiger partial charge in [0, 0.05) is 12.0 Å². The molecule has 2 aromatic carbocycles. The number of nitrogens with two attached hydrogens (primary N) is 1. The Morgan fingerprint density at radius 1 is 1.06 bits per heavy atom. The van der Waals surface area contributed by atoms with Gasteiger partial charge in [0.1, 0.15) is 29.7 Å². The molecule has 256 valence electrons. The summed E-state index contributed by atoms with van der Waals surface area (Å²) in [5.41, 5.74) is 7.30. The van der Waals surface area contributed by atoms with E-state index in [1.807, 2.05) is 42.7 Å². The lowest BCUT2D eigenvalue weighted by Gasteiger charge is -2.27. The van der Waals surface area contributed by atoms with Crippen molar-refractivity contribution in [1.29, 1.82) is 0 Å². The molecule has 2 heterocycles. The van der Waals surface area contributed by atoms with Gasteiger partial charge < -0.3 is 24.3 Å². The quantitative estimate of drug-likeness (QED) is 0.0899. The number of imidazole rings is 1. The first-order chi connectivity index (χ1) is 22.3. The zero-order valence-corrected chi connectivity index (χ0v) is 27.9. The smallest absolute Gasteiger partial charge is 0.459 e. The lowest BCUT2D eigenvalue weighted by Crippen LogP contribution is -2.36. The van der Waals surface area contributed by atoms with Crippen LogP contribution in [0.4, 0.5) is 19.0 Å². The molecule has 0 bridgehead atoms. The summed E-state index contributed by atoms with van der Waals surface area (Å²) in [4.78, 5) is 22.0. The highest BCUT2D eigenvalue weighted by Crippen LogP contribution is 2.47. The van der Waals surface area contributed by atoms with Gasteiger partial charge >= 0.3 is 19.9 Å². The number of esters is 1. The normalized spacial score (nSPS) is 14.7. The molecule has 4 rings (SSSR count). The molecule has 2 aromatic heterocycles. The Hall–Kier alpha value is -3.71. The molecule has 0 radical (unpaired) electrons. The summed E-state index contributed by atoms with van der Waals surface area (Å²) in [6.45, 7) is 9.04. The predicted molar refractivity (Wildman–Crippen MR) is 173 cm³/mol. The third-order valence-corrected chi connectivity index (χ3v) is 8.86. The fourth-order valence-corrected chi connectivity index (χ4v) is 6.55. The van der Waals surface area contributed by atoms with E-state index in [9.17, 15) is 22.5 Å². The zero-order valence-electron chi connectivity index (χ0n) is 27.0. The molecule has 11 nitrogen and oxygen atoms in total. The van der Waals surface area contributed by atoms with E-state index in [0.29, 0.717) is 35.4 Å². The van der Waals surface area contributed by atoms with Crippen LogP contribution in [0.15, 0.2) is 48.5 Å². The first kappa shape index (κ1) is 36.1. The van der Waals surface area contributed by atoms with Gasteiger partial charge in [-0.05, 0) is 64.4 Å². The van der Waals surface area contributed by atoms with Crippen molar-refractivity contribution in [3.63, 3.8) is 0 Å². The molecular weight excluding hydrogens is 638 g/mol. The Bertz CT molecular complexity index is 1710. The van der Waals surface area contributed by atoms with Gasteiger partial charge in [-0.25, -0.2) is 14.5 Å². The molecule has 0 aliphatic heterocycles. The Labute approximate surface area is 271 Å². The SMILES string of the molecule is CCCC[C@H](CO[P@](=O)(N[C@@H](C)C(=O)OC(C)C)Oc1ccc(C(F)(F)F)cc1)n1c(COCC)nc2c(N)nc3ccccc3c21. The third kappa shape index (κ3) is 9.01. The number of alkyl halides is 3. The van der Waals surface area contributed by atoms with Gasteiger partial charge in [0.25, 0.3) is 0 Å². The first-order valence-corrected chi connectivity index (χ1v) is 17.0. The number of hydrogen-bond acceptors (Lipinski definition) is 9. The van der Waals surface area contributed by atoms with E-state index >= 15 is 0 Å². The van der Waals surface area contributed by atoms with E-state index in [-0.39, 0.29) is 24.8 Å². The topological polar surface area (TPSA) is 140 Å². The Morgan fingerprint density at radius 2 is 1.77 bits per heavy atom. The molecule has 15 heteroatoms. The molecule has 0 saturated carbocycles. The highest BCUT2D eigenvalue weighted by atomic mass is 31.2. The molecule has 0 spiro atoms. The predicted octanol–water partition coefficient (Wildman–Crippen LogP) is 7.59. The summed E-state index contributed by atoms with van der Waals surface area (Å²) in [6.07, 6.45) is -2.87. The molecule has 4 aromatic rings. The number of unbranched alkanes of at least 4 members (excludes halogenated alkanes) is 1. The van der Waals surface area contributed by atoms with Crippen LogP contribution < -0.4 is 15.3 Å². The van der Waals surface area contributed by atoms with Gasteiger partial charge in [-0.15, -0.1) is 0 Å². The number of aromatic nitrogens is 3. The maximum atomic E-state index is 14.3. The second-order valence-electron chi connectivity index (χ2n) is 11.3. The van der Waals surface area contributed by atoms with E-state index in [4.69, 9.17) is 29.2 Å². The molecule has 0 amide bonds. The van der Waals surface area contributed by atoms with Crippen LogP contribution >= 0.6 is 7.75 Å². The molecule has 0 saturated heterocycles. The number of nitrogens with zero attached hydrogens (tertiary/aromatic N) is 3. The number of nitrogen functional groups attached to an aromatic ring is 1. The highest BCUT2D eigenvalue weighted by molar-refractivity contribution is 7.52. The first-order valence-electron chi connectivity index (χ1n) is 15.5. The average molecular weight is 680 g/mol. The summed E-state index contributed by atoms with van der Waals surface area (Å²) in [5.74, 6) is -0.0766. The lowest BCUT2D eigenvalue weighted by atomic mass is 10.1. The monoisotopic (exact) mass is 679 g/mol. The molecule has 47 heavy (non-hydrogen) atoms. The number of anilines is 1. The van der Waals surface area contributed by atoms with Crippen LogP contribution in [0.2, 0.25) is 0 Å². The Morgan fingerprint density at radius 3 is 2.40 bits per heavy atom. The minimum Gasteiger partial charge on any atom is -0.462 e. The van der Waals surface area contributed by atoms with Crippen LogP contribution in [-0.2, 0) is 36.1 Å². The number of carbonyl (C=O) groups is 1. The van der Waals surface area contributed by atoms with E-state index < -0.39 is 43.6 Å². The second-order valence-corrected chi connectivity index (χ2v) is 13.0. The number of carbonyl (C=O) groups excluding carboxylic acids is 1. The number of para-hydroxylation sites is 1. The van der Waals surface area contributed by atoms with Crippen molar-refractivity contribution in [3.05, 3.63) is 59.9 Å². The number of ether oxygens (including phenoxy) is 2. The number of halogens is 3. The van der Waals surface area contributed by atoms with Crippen molar-refractivity contribution in [2.75, 3.05) is 18.9 Å². The number of rotatable bonds is 16. The summed E-state index contributed by atoms with van der Waals surface area (Å²) >= 11 is 0. The van der Waals surface area contributed by atoms with E-state index in [1.165, 1.54) is 6.92 Å². The molecule has 0 aliphatic carbocycles. The summed E-state index contributed by atoms with van der Waals surface area (Å²) in [6, 6.07) is 9.55. The van der Waals surface area contributed by atoms with E-state index in [0.717, 1.165) is 42.5 Å². The van der Waals surface area contributed by atoms with Crippen molar-refractivity contribution >= 4 is 41.5 Å². The van der Waals surface area contributed by atoms with Crippen LogP contribution in [0.25, 0.3) is 21.9 Å². The highest BCUT2D eigenvalue weighted by Gasteiger charge is 2.35. The summed E-state index contributed by atoms with van der Waals surface area (Å²) in [5, 5.41) is 3.40. The Balaban J connectivity index is 1.76. The number of benzene rings is 2. The van der Waals surface area contributed by atoms with Crippen molar-refractivity contribution in [1.82, 2.24) is 19.6 Å². The zero-order chi connectivity index (χ0) is 34.4. The van der Waals surface area contributed by atoms with Crippen LogP contribution in [0.5, 0.6) is 5.75 Å². The van der Waals surface area contributed by atoms with Crippen molar-refractivity contribution in [2.24, 2.45) is 0 Å². The lowest BCUT2D eigenvalue weighted by molar-refractivity contribution is -0.149. The van der Waals surface area contributed by atoms with Gasteiger partial charge in [-0.2, -0.15) is 18.3 Å². The maximum absolute atomic E-state index is 14.3.